The monoisotopic (exact) mass is 436 g/mol. The molecule has 1 N–H and O–H groups in total. The van der Waals surface area contributed by atoms with Gasteiger partial charge in [-0.05, 0) is 41.8 Å². The smallest absolute Gasteiger partial charge is 0.252 e. The predicted molar refractivity (Wildman–Crippen MR) is 115 cm³/mol. The van der Waals surface area contributed by atoms with E-state index in [9.17, 15) is 13.2 Å². The van der Waals surface area contributed by atoms with Crippen LogP contribution in [0.3, 0.4) is 0 Å². The van der Waals surface area contributed by atoms with Gasteiger partial charge in [-0.3, -0.25) is 4.79 Å². The third-order valence-electron chi connectivity index (χ3n) is 5.04. The van der Waals surface area contributed by atoms with Gasteiger partial charge in [0.15, 0.2) is 0 Å². The number of carbonyl (C=O) groups excluding carboxylic acids is 1. The summed E-state index contributed by atoms with van der Waals surface area (Å²) >= 11 is 1.20. The number of piperidine rings is 1. The minimum atomic E-state index is -3.51. The van der Waals surface area contributed by atoms with Crippen molar-refractivity contribution < 1.29 is 17.9 Å². The molecule has 1 fully saturated rings. The van der Waals surface area contributed by atoms with E-state index in [2.05, 4.69) is 19.2 Å². The second-order valence-corrected chi connectivity index (χ2v) is 10.6. The number of ether oxygens (including phenoxy) is 1. The Morgan fingerprint density at radius 2 is 2.07 bits per heavy atom. The Hall–Kier alpha value is -1.90. The van der Waals surface area contributed by atoms with Gasteiger partial charge in [-0.25, -0.2) is 8.42 Å². The summed E-state index contributed by atoms with van der Waals surface area (Å²) in [5, 5.41) is 4.64. The number of rotatable bonds is 8. The average molecular weight is 437 g/mol. The van der Waals surface area contributed by atoms with Gasteiger partial charge >= 0.3 is 0 Å². The van der Waals surface area contributed by atoms with Crippen molar-refractivity contribution in [3.63, 3.8) is 0 Å². The highest BCUT2D eigenvalue weighted by Gasteiger charge is 2.33. The number of sulfonamides is 1. The van der Waals surface area contributed by atoms with Crippen LogP contribution in [0.25, 0.3) is 0 Å². The SMILES string of the molecule is CC(C)c1ccccc1OCCNC(=O)[C@@H]1CCCN(S(=O)(=O)c2cccs2)C1. The molecule has 2 aromatic rings. The largest absolute Gasteiger partial charge is 0.491 e. The molecule has 0 aliphatic carbocycles. The maximum atomic E-state index is 12.7. The number of nitrogens with one attached hydrogen (secondary N) is 1. The number of benzene rings is 1. The molecular formula is C21H28N2O4S2. The lowest BCUT2D eigenvalue weighted by molar-refractivity contribution is -0.126. The second-order valence-electron chi connectivity index (χ2n) is 7.47. The minimum Gasteiger partial charge on any atom is -0.491 e. The summed E-state index contributed by atoms with van der Waals surface area (Å²) in [4.78, 5) is 12.6. The van der Waals surface area contributed by atoms with Crippen LogP contribution in [0.15, 0.2) is 46.0 Å². The number of hydrogen-bond acceptors (Lipinski definition) is 5. The van der Waals surface area contributed by atoms with E-state index < -0.39 is 10.0 Å². The molecule has 0 unspecified atom stereocenters. The molecule has 1 aliphatic heterocycles. The van der Waals surface area contributed by atoms with E-state index in [0.717, 1.165) is 11.3 Å². The molecule has 0 spiro atoms. The molecular weight excluding hydrogens is 408 g/mol. The first-order valence-electron chi connectivity index (χ1n) is 9.92. The normalized spacial score (nSPS) is 18.0. The molecule has 1 aliphatic rings. The Labute approximate surface area is 176 Å². The zero-order valence-corrected chi connectivity index (χ0v) is 18.5. The van der Waals surface area contributed by atoms with Gasteiger partial charge in [0, 0.05) is 13.1 Å². The number of carbonyl (C=O) groups is 1. The van der Waals surface area contributed by atoms with Crippen LogP contribution in [0.1, 0.15) is 38.2 Å². The third-order valence-corrected chi connectivity index (χ3v) is 8.28. The Bertz CT molecular complexity index is 911. The van der Waals surface area contributed by atoms with Gasteiger partial charge in [-0.2, -0.15) is 4.31 Å². The maximum Gasteiger partial charge on any atom is 0.252 e. The van der Waals surface area contributed by atoms with Crippen LogP contribution in [-0.4, -0.2) is 44.9 Å². The number of thiophene rings is 1. The van der Waals surface area contributed by atoms with Gasteiger partial charge in [-0.1, -0.05) is 38.1 Å². The van der Waals surface area contributed by atoms with E-state index in [1.165, 1.54) is 15.6 Å². The number of para-hydroxylation sites is 1. The summed E-state index contributed by atoms with van der Waals surface area (Å²) < 4.78 is 33.0. The Morgan fingerprint density at radius 3 is 2.79 bits per heavy atom. The van der Waals surface area contributed by atoms with Crippen molar-refractivity contribution in [2.45, 2.75) is 36.8 Å². The second kappa shape index (κ2) is 9.73. The summed E-state index contributed by atoms with van der Waals surface area (Å²) in [5.74, 6) is 0.750. The van der Waals surface area contributed by atoms with Crippen LogP contribution in [0.4, 0.5) is 0 Å². The summed E-state index contributed by atoms with van der Waals surface area (Å²) in [7, 11) is -3.51. The first-order chi connectivity index (χ1) is 13.9. The number of amides is 1. The van der Waals surface area contributed by atoms with E-state index in [1.54, 1.807) is 17.5 Å². The lowest BCUT2D eigenvalue weighted by Crippen LogP contribution is -2.45. The molecule has 0 bridgehead atoms. The minimum absolute atomic E-state index is 0.114. The number of hydrogen-bond donors (Lipinski definition) is 1. The Morgan fingerprint density at radius 1 is 1.28 bits per heavy atom. The molecule has 1 atom stereocenters. The van der Waals surface area contributed by atoms with Gasteiger partial charge in [0.05, 0.1) is 12.5 Å². The van der Waals surface area contributed by atoms with Crippen LogP contribution >= 0.6 is 11.3 Å². The zero-order valence-electron chi connectivity index (χ0n) is 16.8. The van der Waals surface area contributed by atoms with Gasteiger partial charge in [0.1, 0.15) is 16.6 Å². The van der Waals surface area contributed by atoms with Crippen LogP contribution in [-0.2, 0) is 14.8 Å². The van der Waals surface area contributed by atoms with Crippen molar-refractivity contribution in [2.75, 3.05) is 26.2 Å². The zero-order chi connectivity index (χ0) is 20.9. The van der Waals surface area contributed by atoms with E-state index in [4.69, 9.17) is 4.74 Å². The molecule has 1 saturated heterocycles. The first kappa shape index (κ1) is 21.8. The topological polar surface area (TPSA) is 75.7 Å². The molecule has 6 nitrogen and oxygen atoms in total. The van der Waals surface area contributed by atoms with E-state index >= 15 is 0 Å². The highest BCUT2D eigenvalue weighted by molar-refractivity contribution is 7.91. The molecule has 0 radical (unpaired) electrons. The molecule has 2 heterocycles. The van der Waals surface area contributed by atoms with E-state index in [1.807, 2.05) is 24.3 Å². The lowest BCUT2D eigenvalue weighted by atomic mass is 9.99. The first-order valence-corrected chi connectivity index (χ1v) is 12.2. The van der Waals surface area contributed by atoms with Crippen molar-refractivity contribution in [1.82, 2.24) is 9.62 Å². The highest BCUT2D eigenvalue weighted by atomic mass is 32.2. The molecule has 158 valence electrons. The number of nitrogens with zero attached hydrogens (tertiary/aromatic N) is 1. The standard InChI is InChI=1S/C21H28N2O4S2/c1-16(2)18-8-3-4-9-19(18)27-13-11-22-21(24)17-7-5-12-23(15-17)29(25,26)20-10-6-14-28-20/h3-4,6,8-10,14,16-17H,5,7,11-13,15H2,1-2H3,(H,22,24)/t17-/m1/s1. The van der Waals surface area contributed by atoms with Crippen LogP contribution < -0.4 is 10.1 Å². The van der Waals surface area contributed by atoms with Gasteiger partial charge in [0.2, 0.25) is 5.91 Å². The fourth-order valence-corrected chi connectivity index (χ4v) is 6.15. The summed E-state index contributed by atoms with van der Waals surface area (Å²) in [6.45, 7) is 5.67. The summed E-state index contributed by atoms with van der Waals surface area (Å²) in [6, 6.07) is 11.2. The Kier molecular flexibility index (Phi) is 7.32. The van der Waals surface area contributed by atoms with Crippen LogP contribution in [0.2, 0.25) is 0 Å². The average Bonchev–Trinajstić information content (AvgIpc) is 3.27. The van der Waals surface area contributed by atoms with Crippen molar-refractivity contribution >= 4 is 27.3 Å². The summed E-state index contributed by atoms with van der Waals surface area (Å²) in [5.41, 5.74) is 1.14. The third kappa shape index (κ3) is 5.38. The predicted octanol–water partition coefficient (Wildman–Crippen LogP) is 3.47. The van der Waals surface area contributed by atoms with E-state index in [0.29, 0.717) is 42.7 Å². The molecule has 1 amide bonds. The van der Waals surface area contributed by atoms with E-state index in [-0.39, 0.29) is 18.4 Å². The molecule has 1 aromatic carbocycles. The molecule has 0 saturated carbocycles. The molecule has 8 heteroatoms. The lowest BCUT2D eigenvalue weighted by Gasteiger charge is -2.30. The van der Waals surface area contributed by atoms with Gasteiger partial charge in [-0.15, -0.1) is 11.3 Å². The summed E-state index contributed by atoms with van der Waals surface area (Å²) in [6.07, 6.45) is 1.38. The van der Waals surface area contributed by atoms with Crippen molar-refractivity contribution in [1.29, 1.82) is 0 Å². The maximum absolute atomic E-state index is 12.7. The fourth-order valence-electron chi connectivity index (χ4n) is 3.48. The molecule has 1 aromatic heterocycles. The molecule has 3 rings (SSSR count). The van der Waals surface area contributed by atoms with Crippen LogP contribution in [0.5, 0.6) is 5.75 Å². The van der Waals surface area contributed by atoms with Crippen molar-refractivity contribution in [3.8, 4) is 5.75 Å². The molecule has 29 heavy (non-hydrogen) atoms. The fraction of sp³-hybridized carbons (Fsp3) is 0.476. The quantitative estimate of drug-likeness (QED) is 0.643. The highest BCUT2D eigenvalue weighted by Crippen LogP contribution is 2.27. The van der Waals surface area contributed by atoms with Gasteiger partial charge < -0.3 is 10.1 Å². The van der Waals surface area contributed by atoms with Crippen molar-refractivity contribution in [2.24, 2.45) is 5.92 Å². The van der Waals surface area contributed by atoms with Crippen molar-refractivity contribution in [3.05, 3.63) is 47.3 Å². The Balaban J connectivity index is 1.50. The van der Waals surface area contributed by atoms with Crippen LogP contribution in [0, 0.1) is 5.92 Å². The van der Waals surface area contributed by atoms with Gasteiger partial charge in [0.25, 0.3) is 10.0 Å².